The molecule has 3 fully saturated rings. The first-order chi connectivity index (χ1) is 51.8. The maximum atomic E-state index is 13.5. The fourth-order valence-electron chi connectivity index (χ4n) is 15.1. The maximum Gasteiger partial charge on any atom is 0.220 e. The SMILES string of the molecule is CCCCCCCCCC/C=C\CCCCCCCCCCCCCCCCCCCC(=O)NC(COC1OC(CO)C(OC2OC(CO)C(OC3OC(CO)C(O)C(O)C3O)C(O)C2O)C(O)C1O)C(O)/C=C/CC/C=C/CCCCCCCCCCCCCCCCCCCCCCCCCCCC. The molecule has 624 valence electrons. The summed E-state index contributed by atoms with van der Waals surface area (Å²) in [6, 6.07) is -0.991. The fraction of sp³-hybridized carbons (Fsp3) is 0.920. The fourth-order valence-corrected chi connectivity index (χ4v) is 15.1. The van der Waals surface area contributed by atoms with Crippen LogP contribution >= 0.6 is 0 Å². The Kier molecular flexibility index (Phi) is 62.5. The van der Waals surface area contributed by atoms with Gasteiger partial charge in [-0.25, -0.2) is 0 Å². The van der Waals surface area contributed by atoms with Crippen LogP contribution in [0, 0.1) is 0 Å². The van der Waals surface area contributed by atoms with Crippen molar-refractivity contribution >= 4 is 5.91 Å². The molecule has 0 aromatic carbocycles. The highest BCUT2D eigenvalue weighted by Gasteiger charge is 2.54. The standard InChI is InChI=1S/C87H163NO18/c1-3-5-7-9-11-13-15-17-19-21-23-25-27-29-31-33-34-35-37-38-40-42-44-46-48-50-52-54-56-58-60-62-64-71(92)70(88-75(93)65-63-61-59-57-55-53-51-49-47-45-43-41-39-36-32-30-28-26-24-22-20-18-16-14-12-10-8-6-4-2)69-101-85-81(99)78(96)83(73(67-90)103-85)106-87-82(100)79(97)84(74(68-91)104-87)105-86-80(98)77(95)76(94)72(66-89)102-86/h22,24,54,56,62,64,70-74,76-87,89-92,94-100H,3-21,23,25-53,55,57-61,63,65-69H2,1-2H3,(H,88,93)/b24-22-,56-54+,64-62+. The molecule has 3 aliphatic rings. The number of nitrogens with one attached hydrogen (secondary N) is 1. The number of aliphatic hydroxyl groups is 11. The molecule has 106 heavy (non-hydrogen) atoms. The van der Waals surface area contributed by atoms with Crippen molar-refractivity contribution in [2.45, 2.75) is 484 Å². The smallest absolute Gasteiger partial charge is 0.220 e. The second-order valence-corrected chi connectivity index (χ2v) is 31.7. The van der Waals surface area contributed by atoms with Gasteiger partial charge in [-0.3, -0.25) is 4.79 Å². The highest BCUT2D eigenvalue weighted by molar-refractivity contribution is 5.76. The molecule has 0 spiro atoms. The summed E-state index contributed by atoms with van der Waals surface area (Å²) in [7, 11) is 0. The van der Waals surface area contributed by atoms with Crippen molar-refractivity contribution in [3.8, 4) is 0 Å². The monoisotopic (exact) mass is 1510 g/mol. The summed E-state index contributed by atoms with van der Waals surface area (Å²) in [4.78, 5) is 13.5. The van der Waals surface area contributed by atoms with Crippen molar-refractivity contribution in [3.63, 3.8) is 0 Å². The van der Waals surface area contributed by atoms with E-state index in [1.807, 2.05) is 6.08 Å². The van der Waals surface area contributed by atoms with Crippen LogP contribution in [0.1, 0.15) is 380 Å². The molecule has 0 radical (unpaired) electrons. The van der Waals surface area contributed by atoms with E-state index in [0.29, 0.717) is 12.8 Å². The molecule has 19 nitrogen and oxygen atoms in total. The molecule has 17 unspecified atom stereocenters. The number of rotatable bonds is 72. The van der Waals surface area contributed by atoms with E-state index < -0.39 is 124 Å². The third-order valence-corrected chi connectivity index (χ3v) is 22.2. The maximum absolute atomic E-state index is 13.5. The van der Waals surface area contributed by atoms with Crippen LogP contribution in [-0.4, -0.2) is 193 Å². The Hall–Kier alpha value is -1.99. The first kappa shape index (κ1) is 98.2. The molecule has 3 aliphatic heterocycles. The van der Waals surface area contributed by atoms with E-state index in [2.05, 4.69) is 43.5 Å². The minimum absolute atomic E-state index is 0.239. The number of hydrogen-bond donors (Lipinski definition) is 12. The van der Waals surface area contributed by atoms with Gasteiger partial charge < -0.3 is 89.9 Å². The second kappa shape index (κ2) is 67.5. The van der Waals surface area contributed by atoms with Gasteiger partial charge in [0, 0.05) is 6.42 Å². The van der Waals surface area contributed by atoms with Gasteiger partial charge in [-0.05, 0) is 57.8 Å². The van der Waals surface area contributed by atoms with Crippen molar-refractivity contribution in [2.75, 3.05) is 26.4 Å². The van der Waals surface area contributed by atoms with Crippen LogP contribution in [-0.2, 0) is 33.2 Å². The number of aliphatic hydroxyl groups excluding tert-OH is 11. The van der Waals surface area contributed by atoms with E-state index >= 15 is 0 Å². The van der Waals surface area contributed by atoms with Gasteiger partial charge in [0.25, 0.3) is 0 Å². The van der Waals surface area contributed by atoms with Gasteiger partial charge in [0.15, 0.2) is 18.9 Å². The van der Waals surface area contributed by atoms with Crippen LogP contribution in [0.4, 0.5) is 0 Å². The zero-order chi connectivity index (χ0) is 76.7. The van der Waals surface area contributed by atoms with Crippen LogP contribution < -0.4 is 5.32 Å². The summed E-state index contributed by atoms with van der Waals surface area (Å²) in [5.74, 6) is -0.278. The van der Waals surface area contributed by atoms with Gasteiger partial charge >= 0.3 is 0 Å². The van der Waals surface area contributed by atoms with E-state index in [9.17, 15) is 61.0 Å². The number of allylic oxidation sites excluding steroid dienone is 5. The van der Waals surface area contributed by atoms with Gasteiger partial charge in [-0.15, -0.1) is 0 Å². The lowest BCUT2D eigenvalue weighted by Crippen LogP contribution is -2.66. The zero-order valence-corrected chi connectivity index (χ0v) is 67.2. The average molecular weight is 1510 g/mol. The number of unbranched alkanes of at least 4 members (excludes halogenated alkanes) is 52. The summed E-state index contributed by atoms with van der Waals surface area (Å²) in [5, 5.41) is 121. The van der Waals surface area contributed by atoms with Gasteiger partial charge in [0.2, 0.25) is 5.91 Å². The molecule has 0 aromatic heterocycles. The lowest BCUT2D eigenvalue weighted by molar-refractivity contribution is -0.379. The Labute approximate surface area is 644 Å². The predicted octanol–water partition coefficient (Wildman–Crippen LogP) is 16.2. The Morgan fingerprint density at radius 3 is 0.943 bits per heavy atom. The van der Waals surface area contributed by atoms with Gasteiger partial charge in [-0.1, -0.05) is 352 Å². The Bertz CT molecular complexity index is 2050. The first-order valence-corrected chi connectivity index (χ1v) is 44.2. The summed E-state index contributed by atoms with van der Waals surface area (Å²) in [5.41, 5.74) is 0. The molecular weight excluding hydrogens is 1350 g/mol. The van der Waals surface area contributed by atoms with Crippen LogP contribution in [0.25, 0.3) is 0 Å². The van der Waals surface area contributed by atoms with E-state index in [1.54, 1.807) is 6.08 Å². The molecule has 19 heteroatoms. The van der Waals surface area contributed by atoms with Crippen LogP contribution in [0.5, 0.6) is 0 Å². The summed E-state index contributed by atoms with van der Waals surface area (Å²) in [6.45, 7) is 1.78. The molecule has 0 bridgehead atoms. The van der Waals surface area contributed by atoms with E-state index in [0.717, 1.165) is 38.5 Å². The summed E-state index contributed by atoms with van der Waals surface area (Å²) < 4.78 is 34.5. The zero-order valence-electron chi connectivity index (χ0n) is 67.2. The Morgan fingerprint density at radius 1 is 0.330 bits per heavy atom. The van der Waals surface area contributed by atoms with Crippen LogP contribution in [0.15, 0.2) is 36.5 Å². The normalized spacial score (nSPS) is 25.8. The molecule has 1 amide bonds. The summed E-state index contributed by atoms with van der Waals surface area (Å²) in [6.07, 6.45) is 58.7. The number of carbonyl (C=O) groups is 1. The lowest BCUT2D eigenvalue weighted by atomic mass is 9.96. The lowest BCUT2D eigenvalue weighted by Gasteiger charge is -2.48. The van der Waals surface area contributed by atoms with Crippen molar-refractivity contribution < 1.29 is 89.4 Å². The summed E-state index contributed by atoms with van der Waals surface area (Å²) >= 11 is 0. The number of amides is 1. The third kappa shape index (κ3) is 46.3. The molecular formula is C87H163NO18. The Balaban J connectivity index is 1.35. The van der Waals surface area contributed by atoms with Crippen molar-refractivity contribution in [1.29, 1.82) is 0 Å². The Morgan fingerprint density at radius 2 is 0.604 bits per heavy atom. The average Bonchev–Trinajstić information content (AvgIpc) is 0.781. The van der Waals surface area contributed by atoms with Crippen molar-refractivity contribution in [1.82, 2.24) is 5.32 Å². The highest BCUT2D eigenvalue weighted by atomic mass is 16.8. The van der Waals surface area contributed by atoms with Crippen LogP contribution in [0.3, 0.4) is 0 Å². The first-order valence-electron chi connectivity index (χ1n) is 44.2. The van der Waals surface area contributed by atoms with Crippen LogP contribution in [0.2, 0.25) is 0 Å². The van der Waals surface area contributed by atoms with E-state index in [4.69, 9.17) is 28.4 Å². The molecule has 17 atom stereocenters. The molecule has 0 saturated carbocycles. The number of hydrogen-bond acceptors (Lipinski definition) is 18. The molecule has 3 rings (SSSR count). The quantitative estimate of drug-likeness (QED) is 0.0199. The highest BCUT2D eigenvalue weighted by Crippen LogP contribution is 2.34. The van der Waals surface area contributed by atoms with Crippen molar-refractivity contribution in [2.24, 2.45) is 0 Å². The molecule has 12 N–H and O–H groups in total. The molecule has 0 aromatic rings. The van der Waals surface area contributed by atoms with Gasteiger partial charge in [0.1, 0.15) is 73.2 Å². The molecule has 3 saturated heterocycles. The predicted molar refractivity (Wildman–Crippen MR) is 425 cm³/mol. The minimum atomic E-state index is -1.98. The van der Waals surface area contributed by atoms with Gasteiger partial charge in [0.05, 0.1) is 38.6 Å². The molecule has 0 aliphatic carbocycles. The molecule has 3 heterocycles. The van der Waals surface area contributed by atoms with E-state index in [-0.39, 0.29) is 18.9 Å². The minimum Gasteiger partial charge on any atom is -0.394 e. The van der Waals surface area contributed by atoms with Gasteiger partial charge in [-0.2, -0.15) is 0 Å². The van der Waals surface area contributed by atoms with Crippen molar-refractivity contribution in [3.05, 3.63) is 36.5 Å². The second-order valence-electron chi connectivity index (χ2n) is 31.7. The largest absolute Gasteiger partial charge is 0.394 e. The number of ether oxygens (including phenoxy) is 6. The van der Waals surface area contributed by atoms with E-state index in [1.165, 1.54) is 308 Å². The number of carbonyl (C=O) groups excluding carboxylic acids is 1. The third-order valence-electron chi connectivity index (χ3n) is 22.2. The topological polar surface area (TPSA) is 307 Å².